The van der Waals surface area contributed by atoms with Gasteiger partial charge in [-0.1, -0.05) is 24.3 Å². The highest BCUT2D eigenvalue weighted by molar-refractivity contribution is 5.75. The van der Waals surface area contributed by atoms with Crippen LogP contribution < -0.4 is 5.32 Å². The van der Waals surface area contributed by atoms with Gasteiger partial charge in [-0.05, 0) is 51.7 Å². The Bertz CT molecular complexity index is 388. The van der Waals surface area contributed by atoms with Crippen molar-refractivity contribution in [3.05, 3.63) is 35.4 Å². The Morgan fingerprint density at radius 3 is 2.47 bits per heavy atom. The van der Waals surface area contributed by atoms with E-state index in [1.54, 1.807) is 6.92 Å². The predicted molar refractivity (Wildman–Crippen MR) is 77.4 cm³/mol. The molecule has 1 rings (SSSR count). The van der Waals surface area contributed by atoms with Crippen LogP contribution in [0.3, 0.4) is 0 Å². The summed E-state index contributed by atoms with van der Waals surface area (Å²) in [6.45, 7) is 4.61. The SMILES string of the molecule is CC(C(=O)O)c1ccc(CNCCCN(C)C)cc1. The summed E-state index contributed by atoms with van der Waals surface area (Å²) in [6, 6.07) is 7.78. The number of rotatable bonds is 8. The van der Waals surface area contributed by atoms with Crippen molar-refractivity contribution < 1.29 is 9.90 Å². The normalized spacial score (nSPS) is 12.6. The van der Waals surface area contributed by atoms with Crippen molar-refractivity contribution in [1.29, 1.82) is 0 Å². The van der Waals surface area contributed by atoms with Crippen molar-refractivity contribution in [2.75, 3.05) is 27.2 Å². The minimum Gasteiger partial charge on any atom is -0.481 e. The van der Waals surface area contributed by atoms with Gasteiger partial charge in [0.1, 0.15) is 0 Å². The molecule has 0 aliphatic heterocycles. The Hall–Kier alpha value is -1.39. The minimum atomic E-state index is -0.783. The summed E-state index contributed by atoms with van der Waals surface area (Å²) >= 11 is 0. The van der Waals surface area contributed by atoms with E-state index >= 15 is 0 Å². The lowest BCUT2D eigenvalue weighted by Crippen LogP contribution is -2.21. The molecule has 0 heterocycles. The molecule has 0 amide bonds. The van der Waals surface area contributed by atoms with E-state index in [1.807, 2.05) is 24.3 Å². The van der Waals surface area contributed by atoms with Gasteiger partial charge in [-0.2, -0.15) is 0 Å². The van der Waals surface area contributed by atoms with Gasteiger partial charge < -0.3 is 15.3 Å². The fourth-order valence-electron chi connectivity index (χ4n) is 1.82. The maximum absolute atomic E-state index is 10.9. The zero-order valence-corrected chi connectivity index (χ0v) is 12.0. The largest absolute Gasteiger partial charge is 0.481 e. The number of hydrogen-bond donors (Lipinski definition) is 2. The Morgan fingerprint density at radius 1 is 1.32 bits per heavy atom. The lowest BCUT2D eigenvalue weighted by Gasteiger charge is -2.10. The van der Waals surface area contributed by atoms with Crippen molar-refractivity contribution >= 4 is 5.97 Å². The van der Waals surface area contributed by atoms with Crippen molar-refractivity contribution in [2.45, 2.75) is 25.8 Å². The van der Waals surface area contributed by atoms with Gasteiger partial charge in [0, 0.05) is 6.54 Å². The van der Waals surface area contributed by atoms with Crippen LogP contribution in [-0.2, 0) is 11.3 Å². The van der Waals surface area contributed by atoms with Crippen molar-refractivity contribution in [1.82, 2.24) is 10.2 Å². The third kappa shape index (κ3) is 5.85. The van der Waals surface area contributed by atoms with Gasteiger partial charge in [-0.3, -0.25) is 4.79 Å². The second kappa shape index (κ2) is 7.92. The summed E-state index contributed by atoms with van der Waals surface area (Å²) in [5, 5.41) is 12.3. The van der Waals surface area contributed by atoms with Crippen LogP contribution in [0.25, 0.3) is 0 Å². The standard InChI is InChI=1S/C15H24N2O2/c1-12(15(18)19)14-7-5-13(6-8-14)11-16-9-4-10-17(2)3/h5-8,12,16H,4,9-11H2,1-3H3,(H,18,19). The summed E-state index contributed by atoms with van der Waals surface area (Å²) in [7, 11) is 4.14. The second-order valence-electron chi connectivity index (χ2n) is 5.14. The van der Waals surface area contributed by atoms with Crippen LogP contribution in [0, 0.1) is 0 Å². The smallest absolute Gasteiger partial charge is 0.310 e. The molecule has 0 spiro atoms. The Kier molecular flexibility index (Phi) is 6.53. The summed E-state index contributed by atoms with van der Waals surface area (Å²) in [5.74, 6) is -1.23. The molecule has 1 aromatic carbocycles. The number of aliphatic carboxylic acids is 1. The first-order chi connectivity index (χ1) is 9.00. The number of carbonyl (C=O) groups is 1. The average molecular weight is 264 g/mol. The molecule has 0 saturated carbocycles. The van der Waals surface area contributed by atoms with Crippen LogP contribution in [0.4, 0.5) is 0 Å². The number of nitrogens with one attached hydrogen (secondary N) is 1. The van der Waals surface area contributed by atoms with E-state index in [0.29, 0.717) is 0 Å². The highest BCUT2D eigenvalue weighted by Crippen LogP contribution is 2.15. The molecule has 0 bridgehead atoms. The van der Waals surface area contributed by atoms with Crippen LogP contribution in [-0.4, -0.2) is 43.2 Å². The third-order valence-corrected chi connectivity index (χ3v) is 3.14. The first kappa shape index (κ1) is 15.7. The number of hydrogen-bond acceptors (Lipinski definition) is 3. The molecule has 1 aromatic rings. The van der Waals surface area contributed by atoms with Crippen LogP contribution in [0.2, 0.25) is 0 Å². The average Bonchev–Trinajstić information content (AvgIpc) is 2.37. The molecule has 0 radical (unpaired) electrons. The first-order valence-electron chi connectivity index (χ1n) is 6.68. The number of nitrogens with zero attached hydrogens (tertiary/aromatic N) is 1. The quantitative estimate of drug-likeness (QED) is 0.704. The van der Waals surface area contributed by atoms with Crippen LogP contribution in [0.15, 0.2) is 24.3 Å². The molecule has 106 valence electrons. The van der Waals surface area contributed by atoms with E-state index in [1.165, 1.54) is 5.56 Å². The topological polar surface area (TPSA) is 52.6 Å². The molecule has 19 heavy (non-hydrogen) atoms. The molecule has 0 aliphatic carbocycles. The zero-order chi connectivity index (χ0) is 14.3. The van der Waals surface area contributed by atoms with Crippen LogP contribution >= 0.6 is 0 Å². The van der Waals surface area contributed by atoms with Crippen molar-refractivity contribution in [3.8, 4) is 0 Å². The van der Waals surface area contributed by atoms with E-state index in [0.717, 1.165) is 31.6 Å². The molecule has 2 N–H and O–H groups in total. The lowest BCUT2D eigenvalue weighted by molar-refractivity contribution is -0.138. The van der Waals surface area contributed by atoms with Gasteiger partial charge >= 0.3 is 5.97 Å². The maximum atomic E-state index is 10.9. The van der Waals surface area contributed by atoms with Crippen molar-refractivity contribution in [3.63, 3.8) is 0 Å². The highest BCUT2D eigenvalue weighted by atomic mass is 16.4. The molecule has 0 aliphatic rings. The first-order valence-corrected chi connectivity index (χ1v) is 6.68. The Labute approximate surface area is 115 Å². The monoisotopic (exact) mass is 264 g/mol. The zero-order valence-electron chi connectivity index (χ0n) is 12.0. The third-order valence-electron chi connectivity index (χ3n) is 3.14. The van der Waals surface area contributed by atoms with Gasteiger partial charge in [0.15, 0.2) is 0 Å². The van der Waals surface area contributed by atoms with Gasteiger partial charge in [0.05, 0.1) is 5.92 Å². The van der Waals surface area contributed by atoms with Gasteiger partial charge in [0.25, 0.3) is 0 Å². The molecule has 1 atom stereocenters. The van der Waals surface area contributed by atoms with Crippen LogP contribution in [0.1, 0.15) is 30.4 Å². The molecule has 0 aromatic heterocycles. The summed E-state index contributed by atoms with van der Waals surface area (Å²) < 4.78 is 0. The molecule has 4 nitrogen and oxygen atoms in total. The van der Waals surface area contributed by atoms with E-state index in [9.17, 15) is 4.79 Å². The van der Waals surface area contributed by atoms with Gasteiger partial charge in [-0.15, -0.1) is 0 Å². The fraction of sp³-hybridized carbons (Fsp3) is 0.533. The molecule has 0 saturated heterocycles. The molecular weight excluding hydrogens is 240 g/mol. The fourth-order valence-corrected chi connectivity index (χ4v) is 1.82. The predicted octanol–water partition coefficient (Wildman–Crippen LogP) is 1.92. The number of carboxylic acid groups (broad SMARTS) is 1. The lowest BCUT2D eigenvalue weighted by atomic mass is 10.0. The van der Waals surface area contributed by atoms with E-state index in [2.05, 4.69) is 24.3 Å². The van der Waals surface area contributed by atoms with E-state index in [-0.39, 0.29) is 0 Å². The molecule has 4 heteroatoms. The molecule has 0 fully saturated rings. The number of benzene rings is 1. The van der Waals surface area contributed by atoms with Gasteiger partial charge in [0.2, 0.25) is 0 Å². The Balaban J connectivity index is 2.34. The van der Waals surface area contributed by atoms with Crippen molar-refractivity contribution in [2.24, 2.45) is 0 Å². The summed E-state index contributed by atoms with van der Waals surface area (Å²) in [5.41, 5.74) is 2.04. The van der Waals surface area contributed by atoms with E-state index < -0.39 is 11.9 Å². The number of carboxylic acids is 1. The molecule has 1 unspecified atom stereocenters. The maximum Gasteiger partial charge on any atom is 0.310 e. The summed E-state index contributed by atoms with van der Waals surface area (Å²) in [4.78, 5) is 13.0. The Morgan fingerprint density at radius 2 is 1.95 bits per heavy atom. The highest BCUT2D eigenvalue weighted by Gasteiger charge is 2.12. The minimum absolute atomic E-state index is 0.442. The summed E-state index contributed by atoms with van der Waals surface area (Å²) in [6.07, 6.45) is 1.13. The van der Waals surface area contributed by atoms with E-state index in [4.69, 9.17) is 5.11 Å². The van der Waals surface area contributed by atoms with Crippen LogP contribution in [0.5, 0.6) is 0 Å². The second-order valence-corrected chi connectivity index (χ2v) is 5.14. The molecular formula is C15H24N2O2. The van der Waals surface area contributed by atoms with Gasteiger partial charge in [-0.25, -0.2) is 0 Å².